The lowest BCUT2D eigenvalue weighted by molar-refractivity contribution is 0.0420. The van der Waals surface area contributed by atoms with Crippen molar-refractivity contribution in [3.63, 3.8) is 0 Å². The van der Waals surface area contributed by atoms with Gasteiger partial charge in [0.1, 0.15) is 12.4 Å². The van der Waals surface area contributed by atoms with Crippen LogP contribution in [0.1, 0.15) is 12.8 Å². The third-order valence-electron chi connectivity index (χ3n) is 4.09. The van der Waals surface area contributed by atoms with Crippen LogP contribution in [-0.4, -0.2) is 65.4 Å². The van der Waals surface area contributed by atoms with E-state index in [0.717, 1.165) is 62.4 Å². The number of ether oxygens (including phenoxy) is 5. The molecule has 0 radical (unpaired) electrons. The molecule has 0 aliphatic carbocycles. The second-order valence-electron chi connectivity index (χ2n) is 6.00. The van der Waals surface area contributed by atoms with Crippen LogP contribution in [0, 0.1) is 0 Å². The largest absolute Gasteiger partial charge is 0.492 e. The van der Waals surface area contributed by atoms with Gasteiger partial charge in [-0.3, -0.25) is 4.99 Å². The van der Waals surface area contributed by atoms with Gasteiger partial charge in [0, 0.05) is 32.9 Å². The Bertz CT molecular complexity index is 596. The van der Waals surface area contributed by atoms with Gasteiger partial charge in [-0.15, -0.1) is 24.0 Å². The van der Waals surface area contributed by atoms with Crippen molar-refractivity contribution in [2.24, 2.45) is 4.99 Å². The third kappa shape index (κ3) is 7.23. The van der Waals surface area contributed by atoms with Crippen molar-refractivity contribution in [2.45, 2.75) is 18.9 Å². The molecule has 0 spiro atoms. The molecule has 1 aromatic carbocycles. The summed E-state index contributed by atoms with van der Waals surface area (Å²) in [4.78, 5) is 4.20. The van der Waals surface area contributed by atoms with E-state index in [1.165, 1.54) is 0 Å². The van der Waals surface area contributed by atoms with Crippen molar-refractivity contribution < 1.29 is 23.7 Å². The summed E-state index contributed by atoms with van der Waals surface area (Å²) >= 11 is 0. The molecule has 9 heteroatoms. The van der Waals surface area contributed by atoms with E-state index in [9.17, 15) is 0 Å². The molecule has 152 valence electrons. The number of rotatable bonds is 9. The van der Waals surface area contributed by atoms with Gasteiger partial charge in [-0.2, -0.15) is 0 Å². The van der Waals surface area contributed by atoms with E-state index in [2.05, 4.69) is 15.6 Å². The van der Waals surface area contributed by atoms with Crippen molar-refractivity contribution in [3.8, 4) is 17.2 Å². The van der Waals surface area contributed by atoms with Crippen molar-refractivity contribution >= 4 is 29.9 Å². The summed E-state index contributed by atoms with van der Waals surface area (Å²) in [7, 11) is 1.75. The first-order valence-electron chi connectivity index (χ1n) is 9.01. The van der Waals surface area contributed by atoms with E-state index < -0.39 is 0 Å². The van der Waals surface area contributed by atoms with Crippen molar-refractivity contribution in [1.82, 2.24) is 10.6 Å². The van der Waals surface area contributed by atoms with E-state index in [1.54, 1.807) is 7.05 Å². The highest BCUT2D eigenvalue weighted by Crippen LogP contribution is 2.34. The van der Waals surface area contributed by atoms with Crippen LogP contribution in [0.3, 0.4) is 0 Å². The van der Waals surface area contributed by atoms with Gasteiger partial charge < -0.3 is 34.3 Å². The zero-order chi connectivity index (χ0) is 18.0. The normalized spacial score (nSPS) is 18.1. The number of hydrogen-bond acceptors (Lipinski definition) is 6. The summed E-state index contributed by atoms with van der Waals surface area (Å²) in [6.07, 6.45) is 2.19. The number of benzene rings is 1. The number of nitrogens with zero attached hydrogens (tertiary/aromatic N) is 1. The third-order valence-corrected chi connectivity index (χ3v) is 4.09. The number of aliphatic imine (C=N–C) groups is 1. The maximum atomic E-state index is 5.73. The molecule has 0 saturated carbocycles. The molecule has 3 rings (SSSR count). The fraction of sp³-hybridized carbons (Fsp3) is 0.611. The van der Waals surface area contributed by atoms with Crippen molar-refractivity contribution in [3.05, 3.63) is 18.2 Å². The van der Waals surface area contributed by atoms with Crippen LogP contribution in [0.2, 0.25) is 0 Å². The highest BCUT2D eigenvalue weighted by molar-refractivity contribution is 14.0. The summed E-state index contributed by atoms with van der Waals surface area (Å²) < 4.78 is 27.3. The Hall–Kier alpha value is -1.46. The second kappa shape index (κ2) is 12.1. The molecule has 2 heterocycles. The molecule has 0 bridgehead atoms. The fourth-order valence-electron chi connectivity index (χ4n) is 2.70. The van der Waals surface area contributed by atoms with E-state index >= 15 is 0 Å². The Kier molecular flexibility index (Phi) is 9.78. The minimum Gasteiger partial charge on any atom is -0.492 e. The lowest BCUT2D eigenvalue weighted by Gasteiger charge is -2.13. The molecule has 8 nitrogen and oxygen atoms in total. The van der Waals surface area contributed by atoms with Crippen LogP contribution in [0.5, 0.6) is 17.2 Å². The maximum Gasteiger partial charge on any atom is 0.231 e. The van der Waals surface area contributed by atoms with Gasteiger partial charge in [0.25, 0.3) is 0 Å². The number of halogens is 1. The Morgan fingerprint density at radius 3 is 2.85 bits per heavy atom. The zero-order valence-corrected chi connectivity index (χ0v) is 17.9. The average molecular weight is 493 g/mol. The molecular weight excluding hydrogens is 465 g/mol. The van der Waals surface area contributed by atoms with Gasteiger partial charge >= 0.3 is 0 Å². The van der Waals surface area contributed by atoms with E-state index in [0.29, 0.717) is 13.2 Å². The van der Waals surface area contributed by atoms with Crippen molar-refractivity contribution in [1.29, 1.82) is 0 Å². The summed E-state index contributed by atoms with van der Waals surface area (Å²) in [6, 6.07) is 5.56. The first-order valence-corrected chi connectivity index (χ1v) is 9.01. The first kappa shape index (κ1) is 21.8. The van der Waals surface area contributed by atoms with Crippen LogP contribution < -0.4 is 24.8 Å². The molecule has 2 aliphatic rings. The minimum atomic E-state index is 0. The summed E-state index contributed by atoms with van der Waals surface area (Å²) in [5.74, 6) is 2.99. The predicted molar refractivity (Wildman–Crippen MR) is 113 cm³/mol. The number of guanidine groups is 1. The van der Waals surface area contributed by atoms with Crippen molar-refractivity contribution in [2.75, 3.05) is 53.4 Å². The van der Waals surface area contributed by atoms with Gasteiger partial charge in [0.05, 0.1) is 19.3 Å². The standard InChI is InChI=1S/C18H27N3O5.HI/c1-19-18(20-6-2-8-23-15-5-9-22-12-15)21-7-10-24-14-3-4-16-17(11-14)26-13-25-16;/h3-4,11,15H,2,5-10,12-13H2,1H3,(H2,19,20,21);1H. The maximum absolute atomic E-state index is 5.73. The van der Waals surface area contributed by atoms with Crippen LogP contribution in [0.4, 0.5) is 0 Å². The zero-order valence-electron chi connectivity index (χ0n) is 15.6. The molecular formula is C18H28IN3O5. The lowest BCUT2D eigenvalue weighted by atomic mass is 10.3. The molecule has 2 N–H and O–H groups in total. The lowest BCUT2D eigenvalue weighted by Crippen LogP contribution is -2.40. The second-order valence-corrected chi connectivity index (χ2v) is 6.00. The summed E-state index contributed by atoms with van der Waals surface area (Å²) in [5, 5.41) is 6.48. The monoisotopic (exact) mass is 493 g/mol. The molecule has 2 aliphatic heterocycles. The highest BCUT2D eigenvalue weighted by atomic mass is 127. The van der Waals surface area contributed by atoms with Gasteiger partial charge in [-0.1, -0.05) is 0 Å². The smallest absolute Gasteiger partial charge is 0.231 e. The Balaban J connectivity index is 0.00000261. The molecule has 1 atom stereocenters. The van der Waals surface area contributed by atoms with Gasteiger partial charge in [-0.25, -0.2) is 0 Å². The summed E-state index contributed by atoms with van der Waals surface area (Å²) in [5.41, 5.74) is 0. The Morgan fingerprint density at radius 1 is 1.19 bits per heavy atom. The summed E-state index contributed by atoms with van der Waals surface area (Å²) in [6.45, 7) is 4.49. The number of fused-ring (bicyclic) bond motifs is 1. The highest BCUT2D eigenvalue weighted by Gasteiger charge is 2.15. The first-order chi connectivity index (χ1) is 12.8. The Morgan fingerprint density at radius 2 is 2.04 bits per heavy atom. The SMILES string of the molecule is CN=C(NCCCOC1CCOC1)NCCOc1ccc2c(c1)OCO2.I. The van der Waals surface area contributed by atoms with Gasteiger partial charge in [-0.05, 0) is 25.0 Å². The predicted octanol–water partition coefficient (Wildman–Crippen LogP) is 1.77. The van der Waals surface area contributed by atoms with Crippen LogP contribution in [0.15, 0.2) is 23.2 Å². The topological polar surface area (TPSA) is 82.6 Å². The molecule has 1 saturated heterocycles. The molecule has 1 fully saturated rings. The van der Waals surface area contributed by atoms with E-state index in [1.807, 2.05) is 18.2 Å². The van der Waals surface area contributed by atoms with Gasteiger partial charge in [0.15, 0.2) is 17.5 Å². The molecule has 1 aromatic rings. The van der Waals surface area contributed by atoms with Crippen LogP contribution in [0.25, 0.3) is 0 Å². The average Bonchev–Trinajstić information content (AvgIpc) is 3.34. The van der Waals surface area contributed by atoms with E-state index in [4.69, 9.17) is 23.7 Å². The fourth-order valence-corrected chi connectivity index (χ4v) is 2.70. The number of hydrogen-bond donors (Lipinski definition) is 2. The van der Waals surface area contributed by atoms with Crippen LogP contribution in [-0.2, 0) is 9.47 Å². The molecule has 27 heavy (non-hydrogen) atoms. The number of nitrogens with one attached hydrogen (secondary N) is 2. The van der Waals surface area contributed by atoms with E-state index in [-0.39, 0.29) is 36.9 Å². The molecule has 1 unspecified atom stereocenters. The molecule has 0 aromatic heterocycles. The minimum absolute atomic E-state index is 0. The Labute approximate surface area is 177 Å². The van der Waals surface area contributed by atoms with Gasteiger partial charge in [0.2, 0.25) is 6.79 Å². The molecule has 0 amide bonds. The quantitative estimate of drug-likeness (QED) is 0.235. The van der Waals surface area contributed by atoms with Crippen LogP contribution >= 0.6 is 24.0 Å².